The minimum absolute atomic E-state index is 0.0309. The lowest BCUT2D eigenvalue weighted by Crippen LogP contribution is -2.29. The van der Waals surface area contributed by atoms with Gasteiger partial charge in [-0.25, -0.2) is 0 Å². The van der Waals surface area contributed by atoms with Crippen molar-refractivity contribution in [2.45, 2.75) is 52.9 Å². The van der Waals surface area contributed by atoms with Gasteiger partial charge in [-0.2, -0.15) is 0 Å². The Morgan fingerprint density at radius 2 is 1.29 bits per heavy atom. The van der Waals surface area contributed by atoms with E-state index >= 15 is 0 Å². The van der Waals surface area contributed by atoms with Crippen LogP contribution in [0.2, 0.25) is 0 Å². The number of aliphatic hydroxyl groups excluding tert-OH is 1. The third kappa shape index (κ3) is 7.30. The first kappa shape index (κ1) is 13.9. The summed E-state index contributed by atoms with van der Waals surface area (Å²) in [6.07, 6.45) is -0.297. The normalized spacial score (nSPS) is 18.2. The third-order valence-electron chi connectivity index (χ3n) is 1.95. The van der Waals surface area contributed by atoms with Crippen LogP contribution in [0.3, 0.4) is 0 Å². The van der Waals surface area contributed by atoms with Gasteiger partial charge in [0.15, 0.2) is 0 Å². The molecule has 0 aromatic rings. The number of ether oxygens (including phenoxy) is 2. The molecule has 3 atom stereocenters. The van der Waals surface area contributed by atoms with Crippen molar-refractivity contribution in [2.24, 2.45) is 5.92 Å². The van der Waals surface area contributed by atoms with Crippen LogP contribution in [0.4, 0.5) is 0 Å². The smallest absolute Gasteiger partial charge is 0.0807 e. The van der Waals surface area contributed by atoms with Crippen LogP contribution in [0, 0.1) is 5.92 Å². The van der Waals surface area contributed by atoms with E-state index < -0.39 is 6.10 Å². The van der Waals surface area contributed by atoms with E-state index in [-0.39, 0.29) is 12.2 Å². The van der Waals surface area contributed by atoms with Crippen molar-refractivity contribution in [3.63, 3.8) is 0 Å². The molecule has 3 nitrogen and oxygen atoms in total. The Labute approximate surface area is 87.4 Å². The van der Waals surface area contributed by atoms with Crippen molar-refractivity contribution in [2.75, 3.05) is 13.2 Å². The monoisotopic (exact) mass is 204 g/mol. The van der Waals surface area contributed by atoms with Gasteiger partial charge >= 0.3 is 0 Å². The van der Waals surface area contributed by atoms with Crippen molar-refractivity contribution >= 4 is 0 Å². The number of hydrogen-bond donors (Lipinski definition) is 1. The first-order chi connectivity index (χ1) is 6.43. The van der Waals surface area contributed by atoms with E-state index in [1.54, 1.807) is 6.92 Å². The average molecular weight is 204 g/mol. The van der Waals surface area contributed by atoms with E-state index in [4.69, 9.17) is 14.6 Å². The highest BCUT2D eigenvalue weighted by Gasteiger charge is 2.14. The van der Waals surface area contributed by atoms with Gasteiger partial charge in [-0.1, -0.05) is 13.8 Å². The number of aliphatic hydroxyl groups is 1. The molecule has 0 saturated heterocycles. The van der Waals surface area contributed by atoms with Crippen molar-refractivity contribution in [3.8, 4) is 0 Å². The van der Waals surface area contributed by atoms with Gasteiger partial charge in [0.25, 0.3) is 0 Å². The molecule has 86 valence electrons. The van der Waals surface area contributed by atoms with Crippen LogP contribution in [-0.2, 0) is 9.47 Å². The molecule has 0 aromatic heterocycles. The van der Waals surface area contributed by atoms with E-state index in [2.05, 4.69) is 13.8 Å². The highest BCUT2D eigenvalue weighted by Crippen LogP contribution is 2.06. The summed E-state index contributed by atoms with van der Waals surface area (Å²) in [6.45, 7) is 11.0. The molecule has 0 aliphatic carbocycles. The molecule has 0 aliphatic heterocycles. The zero-order valence-electron chi connectivity index (χ0n) is 9.99. The van der Waals surface area contributed by atoms with Crippen molar-refractivity contribution in [1.29, 1.82) is 0 Å². The second kappa shape index (κ2) is 7.21. The van der Waals surface area contributed by atoms with Gasteiger partial charge in [0.05, 0.1) is 24.9 Å². The fraction of sp³-hybridized carbons (Fsp3) is 1.00. The Morgan fingerprint density at radius 3 is 1.64 bits per heavy atom. The molecule has 0 heterocycles. The summed E-state index contributed by atoms with van der Waals surface area (Å²) >= 11 is 0. The lowest BCUT2D eigenvalue weighted by molar-refractivity contribution is -0.0795. The minimum atomic E-state index is -0.408. The fourth-order valence-electron chi connectivity index (χ4n) is 0.906. The summed E-state index contributed by atoms with van der Waals surface area (Å²) in [7, 11) is 0. The SMILES string of the molecule is CC(C)COC(C)C(C)OCC(C)O. The number of hydrogen-bond acceptors (Lipinski definition) is 3. The predicted octanol–water partition coefficient (Wildman–Crippen LogP) is 1.83. The molecule has 0 aromatic carbocycles. The Kier molecular flexibility index (Phi) is 7.15. The molecule has 0 amide bonds. The van der Waals surface area contributed by atoms with Gasteiger partial charge in [-0.05, 0) is 26.7 Å². The van der Waals surface area contributed by atoms with Gasteiger partial charge in [0, 0.05) is 6.61 Å². The van der Waals surface area contributed by atoms with E-state index in [9.17, 15) is 0 Å². The molecular weight excluding hydrogens is 180 g/mol. The summed E-state index contributed by atoms with van der Waals surface area (Å²) < 4.78 is 11.0. The van der Waals surface area contributed by atoms with E-state index in [1.165, 1.54) is 0 Å². The second-order valence-corrected chi connectivity index (χ2v) is 4.32. The summed E-state index contributed by atoms with van der Waals surface area (Å²) in [5.41, 5.74) is 0. The third-order valence-corrected chi connectivity index (χ3v) is 1.95. The molecule has 0 bridgehead atoms. The van der Waals surface area contributed by atoms with Crippen molar-refractivity contribution in [3.05, 3.63) is 0 Å². The summed E-state index contributed by atoms with van der Waals surface area (Å²) in [5, 5.41) is 9.04. The first-order valence-corrected chi connectivity index (χ1v) is 5.34. The molecule has 14 heavy (non-hydrogen) atoms. The summed E-state index contributed by atoms with van der Waals surface area (Å²) in [4.78, 5) is 0. The van der Waals surface area contributed by atoms with Crippen LogP contribution in [0.1, 0.15) is 34.6 Å². The zero-order valence-corrected chi connectivity index (χ0v) is 9.99. The molecule has 0 aliphatic rings. The van der Waals surface area contributed by atoms with Gasteiger partial charge in [0.2, 0.25) is 0 Å². The molecule has 3 unspecified atom stereocenters. The van der Waals surface area contributed by atoms with Gasteiger partial charge in [-0.3, -0.25) is 0 Å². The maximum atomic E-state index is 9.04. The fourth-order valence-corrected chi connectivity index (χ4v) is 0.906. The maximum absolute atomic E-state index is 9.04. The molecule has 0 saturated carbocycles. The molecule has 0 rings (SSSR count). The molecule has 0 spiro atoms. The standard InChI is InChI=1S/C11H24O3/c1-8(2)6-13-10(4)11(5)14-7-9(3)12/h8-12H,6-7H2,1-5H3. The number of rotatable bonds is 7. The van der Waals surface area contributed by atoms with Crippen LogP contribution in [0.25, 0.3) is 0 Å². The molecule has 0 radical (unpaired) electrons. The highest BCUT2D eigenvalue weighted by atomic mass is 16.5. The molecule has 1 N–H and O–H groups in total. The topological polar surface area (TPSA) is 38.7 Å². The second-order valence-electron chi connectivity index (χ2n) is 4.32. The lowest BCUT2D eigenvalue weighted by atomic mass is 10.2. The zero-order chi connectivity index (χ0) is 11.1. The van der Waals surface area contributed by atoms with Crippen LogP contribution in [-0.4, -0.2) is 36.6 Å². The quantitative estimate of drug-likeness (QED) is 0.687. The minimum Gasteiger partial charge on any atom is -0.391 e. The van der Waals surface area contributed by atoms with Gasteiger partial charge in [0.1, 0.15) is 0 Å². The van der Waals surface area contributed by atoms with Crippen LogP contribution >= 0.6 is 0 Å². The Morgan fingerprint density at radius 1 is 0.857 bits per heavy atom. The van der Waals surface area contributed by atoms with Gasteiger partial charge in [-0.15, -0.1) is 0 Å². The van der Waals surface area contributed by atoms with Crippen LogP contribution in [0.5, 0.6) is 0 Å². The van der Waals surface area contributed by atoms with Crippen LogP contribution in [0.15, 0.2) is 0 Å². The highest BCUT2D eigenvalue weighted by molar-refractivity contribution is 4.61. The molecule has 3 heteroatoms. The lowest BCUT2D eigenvalue weighted by Gasteiger charge is -2.22. The first-order valence-electron chi connectivity index (χ1n) is 5.34. The Balaban J connectivity index is 3.59. The van der Waals surface area contributed by atoms with Crippen molar-refractivity contribution in [1.82, 2.24) is 0 Å². The average Bonchev–Trinajstić information content (AvgIpc) is 2.09. The largest absolute Gasteiger partial charge is 0.391 e. The summed E-state index contributed by atoms with van der Waals surface area (Å²) in [6, 6.07) is 0. The van der Waals surface area contributed by atoms with E-state index in [0.29, 0.717) is 12.5 Å². The van der Waals surface area contributed by atoms with Gasteiger partial charge < -0.3 is 14.6 Å². The van der Waals surface area contributed by atoms with E-state index in [1.807, 2.05) is 13.8 Å². The van der Waals surface area contributed by atoms with Crippen molar-refractivity contribution < 1.29 is 14.6 Å². The molecule has 0 fully saturated rings. The maximum Gasteiger partial charge on any atom is 0.0807 e. The Bertz CT molecular complexity index is 118. The van der Waals surface area contributed by atoms with Crippen LogP contribution < -0.4 is 0 Å². The Hall–Kier alpha value is -0.120. The summed E-state index contributed by atoms with van der Waals surface area (Å²) in [5.74, 6) is 0.543. The van der Waals surface area contributed by atoms with E-state index in [0.717, 1.165) is 6.61 Å². The molecular formula is C11H24O3. The predicted molar refractivity (Wildman–Crippen MR) is 57.3 cm³/mol.